The van der Waals surface area contributed by atoms with Crippen molar-refractivity contribution in [1.29, 1.82) is 0 Å². The van der Waals surface area contributed by atoms with Gasteiger partial charge in [0.15, 0.2) is 0 Å². The maximum atomic E-state index is 8.07. The predicted octanol–water partition coefficient (Wildman–Crippen LogP) is 3.30. The van der Waals surface area contributed by atoms with Crippen LogP contribution < -0.4 is 0 Å². The molecule has 0 aromatic carbocycles. The second-order valence-electron chi connectivity index (χ2n) is 2.92. The molecule has 0 saturated heterocycles. The van der Waals surface area contributed by atoms with Gasteiger partial charge in [-0.3, -0.25) is 0 Å². The molecule has 3 heteroatoms. The summed E-state index contributed by atoms with van der Waals surface area (Å²) in [7, 11) is 0. The van der Waals surface area contributed by atoms with Gasteiger partial charge in [0.1, 0.15) is 0 Å². The van der Waals surface area contributed by atoms with Crippen LogP contribution in [0.5, 0.6) is 0 Å². The third-order valence-electron chi connectivity index (χ3n) is 1.35. The van der Waals surface area contributed by atoms with Crippen LogP contribution in [-0.2, 0) is 21.7 Å². The Morgan fingerprint density at radius 3 is 1.38 bits per heavy atom. The maximum absolute atomic E-state index is 8.07. The van der Waals surface area contributed by atoms with Crippen molar-refractivity contribution in [2.24, 2.45) is 0 Å². The van der Waals surface area contributed by atoms with E-state index < -0.39 is 0 Å². The Morgan fingerprint density at radius 2 is 1.38 bits per heavy atom. The molecule has 0 radical (unpaired) electrons. The first-order valence-corrected chi connectivity index (χ1v) is 5.70. The zero-order valence-corrected chi connectivity index (χ0v) is 12.6. The van der Waals surface area contributed by atoms with Crippen molar-refractivity contribution in [1.82, 2.24) is 0 Å². The molecule has 0 heterocycles. The molecule has 0 aliphatic carbocycles. The molecule has 0 aromatic rings. The van der Waals surface area contributed by atoms with Gasteiger partial charge >= 0.3 is 0 Å². The van der Waals surface area contributed by atoms with Gasteiger partial charge in [-0.25, -0.2) is 0 Å². The number of rotatable bonds is 5. The Bertz CT molecular complexity index is 105. The Balaban J connectivity index is -0.0000000655. The monoisotopic (exact) mass is 264 g/mol. The fraction of sp³-hybridized carbons (Fsp3) is 0.692. The van der Waals surface area contributed by atoms with Crippen LogP contribution >= 0.6 is 0 Å². The summed E-state index contributed by atoms with van der Waals surface area (Å²) in [4.78, 5) is 0. The van der Waals surface area contributed by atoms with E-state index in [4.69, 9.17) is 10.2 Å². The van der Waals surface area contributed by atoms with E-state index in [2.05, 4.69) is 20.4 Å². The molecule has 0 bridgehead atoms. The van der Waals surface area contributed by atoms with E-state index in [1.54, 1.807) is 6.08 Å². The summed E-state index contributed by atoms with van der Waals surface area (Å²) in [5.74, 6) is 0. The Morgan fingerprint density at radius 1 is 1.00 bits per heavy atom. The molecule has 0 aliphatic rings. The minimum Gasteiger partial charge on any atom is -0.396 e. The van der Waals surface area contributed by atoms with Gasteiger partial charge in [0, 0.05) is 34.9 Å². The molecule has 0 amide bonds. The number of unbranched alkanes of at least 4 members (excludes halogenated alkanes) is 2. The zero-order valence-electron chi connectivity index (χ0n) is 11.1. The quantitative estimate of drug-likeness (QED) is 0.591. The molecule has 96 valence electrons. The van der Waals surface area contributed by atoms with Gasteiger partial charge in [0.05, 0.1) is 0 Å². The average Bonchev–Trinajstić information content (AvgIpc) is 2.23. The smallest absolute Gasteiger partial charge is 0.0430 e. The molecule has 0 atom stereocenters. The molecule has 0 spiro atoms. The number of hydrogen-bond acceptors (Lipinski definition) is 2. The van der Waals surface area contributed by atoms with Crippen molar-refractivity contribution >= 4 is 0 Å². The predicted molar refractivity (Wildman–Crippen MR) is 69.0 cm³/mol. The minimum absolute atomic E-state index is 0. The summed E-state index contributed by atoms with van der Waals surface area (Å²) in [5.41, 5.74) is 0. The van der Waals surface area contributed by atoms with E-state index in [9.17, 15) is 0 Å². The average molecular weight is 264 g/mol. The van der Waals surface area contributed by atoms with Gasteiger partial charge in [-0.05, 0) is 19.8 Å². The fourth-order valence-corrected chi connectivity index (χ4v) is 0.452. The summed E-state index contributed by atoms with van der Waals surface area (Å²) in [6.07, 6.45) is 9.65. The van der Waals surface area contributed by atoms with Crippen molar-refractivity contribution in [2.75, 3.05) is 13.2 Å². The van der Waals surface area contributed by atoms with Gasteiger partial charge in [-0.15, -0.1) is 0 Å². The number of allylic oxidation sites excluding steroid dienone is 3. The van der Waals surface area contributed by atoms with Crippen LogP contribution in [0.1, 0.15) is 46.5 Å². The van der Waals surface area contributed by atoms with Gasteiger partial charge in [0.2, 0.25) is 0 Å². The summed E-state index contributed by atoms with van der Waals surface area (Å²) < 4.78 is 0. The SMILES string of the molecule is C=CC=CC.CCCCO.CCCCO.[Ti]. The molecule has 0 fully saturated rings. The van der Waals surface area contributed by atoms with Crippen LogP contribution in [0.3, 0.4) is 0 Å². The summed E-state index contributed by atoms with van der Waals surface area (Å²) in [6.45, 7) is 10.2. The van der Waals surface area contributed by atoms with Crippen molar-refractivity contribution in [3.63, 3.8) is 0 Å². The van der Waals surface area contributed by atoms with E-state index in [1.807, 2.05) is 19.1 Å². The first-order valence-electron chi connectivity index (χ1n) is 5.70. The second-order valence-corrected chi connectivity index (χ2v) is 2.92. The van der Waals surface area contributed by atoms with Crippen LogP contribution in [0.25, 0.3) is 0 Å². The Labute approximate surface area is 116 Å². The molecule has 2 nitrogen and oxygen atoms in total. The number of aliphatic hydroxyl groups is 2. The summed E-state index contributed by atoms with van der Waals surface area (Å²) in [5, 5.41) is 16.1. The third-order valence-corrected chi connectivity index (χ3v) is 1.35. The molecular formula is C13H28O2Ti. The first kappa shape index (κ1) is 25.1. The van der Waals surface area contributed by atoms with Crippen LogP contribution in [0, 0.1) is 0 Å². The van der Waals surface area contributed by atoms with E-state index in [-0.39, 0.29) is 21.7 Å². The molecule has 0 unspecified atom stereocenters. The van der Waals surface area contributed by atoms with Crippen LogP contribution in [0.15, 0.2) is 24.8 Å². The fourth-order valence-electron chi connectivity index (χ4n) is 0.452. The largest absolute Gasteiger partial charge is 0.396 e. The third kappa shape index (κ3) is 64.9. The topological polar surface area (TPSA) is 40.5 Å². The van der Waals surface area contributed by atoms with Gasteiger partial charge in [-0.2, -0.15) is 0 Å². The molecular weight excluding hydrogens is 236 g/mol. The molecule has 0 aromatic heterocycles. The van der Waals surface area contributed by atoms with E-state index >= 15 is 0 Å². The molecule has 2 N–H and O–H groups in total. The van der Waals surface area contributed by atoms with Crippen LogP contribution in [0.2, 0.25) is 0 Å². The molecule has 0 rings (SSSR count). The first-order chi connectivity index (χ1) is 7.24. The second kappa shape index (κ2) is 36.2. The number of aliphatic hydroxyl groups excluding tert-OH is 2. The Hall–Kier alpha value is 0.114. The summed E-state index contributed by atoms with van der Waals surface area (Å²) >= 11 is 0. The van der Waals surface area contributed by atoms with Crippen molar-refractivity contribution in [3.05, 3.63) is 24.8 Å². The van der Waals surface area contributed by atoms with E-state index in [0.29, 0.717) is 13.2 Å². The molecule has 16 heavy (non-hydrogen) atoms. The van der Waals surface area contributed by atoms with Gasteiger partial charge < -0.3 is 10.2 Å². The number of hydrogen-bond donors (Lipinski definition) is 2. The van der Waals surface area contributed by atoms with E-state index in [0.717, 1.165) is 25.7 Å². The van der Waals surface area contributed by atoms with E-state index in [1.165, 1.54) is 0 Å². The normalized spacial score (nSPS) is 8.06. The van der Waals surface area contributed by atoms with Crippen molar-refractivity contribution < 1.29 is 31.9 Å². The molecule has 0 saturated carbocycles. The van der Waals surface area contributed by atoms with Gasteiger partial charge in [-0.1, -0.05) is 51.5 Å². The molecule has 0 aliphatic heterocycles. The van der Waals surface area contributed by atoms with Gasteiger partial charge in [0.25, 0.3) is 0 Å². The van der Waals surface area contributed by atoms with Crippen molar-refractivity contribution in [2.45, 2.75) is 46.5 Å². The van der Waals surface area contributed by atoms with Crippen molar-refractivity contribution in [3.8, 4) is 0 Å². The standard InChI is InChI=1S/C5H8.2C4H10O.Ti/c1-3-5-4-2;2*1-2-3-4-5;/h3-5H,1H2,2H3;2*5H,2-4H2,1H3;. The summed E-state index contributed by atoms with van der Waals surface area (Å²) in [6, 6.07) is 0. The minimum atomic E-state index is 0. The van der Waals surface area contributed by atoms with Crippen LogP contribution in [0.4, 0.5) is 0 Å². The Kier molecular flexibility index (Phi) is 56.8. The zero-order chi connectivity index (χ0) is 12.4. The maximum Gasteiger partial charge on any atom is 0.0430 e. The van der Waals surface area contributed by atoms with Crippen LogP contribution in [-0.4, -0.2) is 23.4 Å².